The fourth-order valence-electron chi connectivity index (χ4n) is 2.75. The Morgan fingerprint density at radius 2 is 1.81 bits per heavy atom. The molecule has 0 fully saturated rings. The highest BCUT2D eigenvalue weighted by molar-refractivity contribution is 7.18. The number of rotatable bonds is 5. The van der Waals surface area contributed by atoms with Crippen molar-refractivity contribution in [2.45, 2.75) is 46.1 Å². The van der Waals surface area contributed by atoms with Gasteiger partial charge < -0.3 is 5.32 Å². The maximum absolute atomic E-state index is 12.5. The second-order valence-corrected chi connectivity index (χ2v) is 8.81. The van der Waals surface area contributed by atoms with Crippen molar-refractivity contribution in [2.24, 2.45) is 0 Å². The predicted molar refractivity (Wildman–Crippen MR) is 108 cm³/mol. The summed E-state index contributed by atoms with van der Waals surface area (Å²) in [6.45, 7) is 7.70. The molecular formula is C21H23N3O2S. The Labute approximate surface area is 162 Å². The van der Waals surface area contributed by atoms with Crippen LogP contribution in [0.1, 0.15) is 58.7 Å². The highest BCUT2D eigenvalue weighted by atomic mass is 32.1. The van der Waals surface area contributed by atoms with E-state index in [4.69, 9.17) is 0 Å². The summed E-state index contributed by atoms with van der Waals surface area (Å²) in [4.78, 5) is 33.5. The molecule has 0 saturated carbocycles. The minimum absolute atomic E-state index is 0.0685. The Kier molecular flexibility index (Phi) is 5.37. The summed E-state index contributed by atoms with van der Waals surface area (Å²) in [5, 5.41) is 3.90. The first-order valence-electron chi connectivity index (χ1n) is 8.90. The van der Waals surface area contributed by atoms with E-state index in [9.17, 15) is 9.59 Å². The largest absolute Gasteiger partial charge is 0.346 e. The molecule has 0 saturated heterocycles. The third-order valence-electron chi connectivity index (χ3n) is 3.96. The Morgan fingerprint density at radius 3 is 2.56 bits per heavy atom. The van der Waals surface area contributed by atoms with Gasteiger partial charge in [-0.25, -0.2) is 9.97 Å². The number of hydrogen-bond acceptors (Lipinski definition) is 5. The molecule has 0 radical (unpaired) electrons. The van der Waals surface area contributed by atoms with E-state index in [0.717, 1.165) is 20.8 Å². The van der Waals surface area contributed by atoms with Gasteiger partial charge in [0.1, 0.15) is 11.4 Å². The first-order valence-corrected chi connectivity index (χ1v) is 9.72. The molecule has 2 aromatic heterocycles. The fourth-order valence-corrected chi connectivity index (χ4v) is 3.64. The van der Waals surface area contributed by atoms with E-state index in [1.807, 2.05) is 39.8 Å². The number of fused-ring (bicyclic) bond motifs is 1. The van der Waals surface area contributed by atoms with Crippen LogP contribution in [0.5, 0.6) is 0 Å². The third-order valence-corrected chi connectivity index (χ3v) is 4.89. The Bertz CT molecular complexity index is 1000. The summed E-state index contributed by atoms with van der Waals surface area (Å²) in [6.07, 6.45) is 0.979. The zero-order valence-corrected chi connectivity index (χ0v) is 16.8. The Morgan fingerprint density at radius 1 is 1.07 bits per heavy atom. The van der Waals surface area contributed by atoms with Crippen LogP contribution in [0.3, 0.4) is 0 Å². The van der Waals surface area contributed by atoms with Gasteiger partial charge in [-0.05, 0) is 63.9 Å². The molecule has 27 heavy (non-hydrogen) atoms. The molecule has 0 unspecified atom stereocenters. The molecule has 5 nitrogen and oxygen atoms in total. The van der Waals surface area contributed by atoms with Crippen molar-refractivity contribution < 1.29 is 9.59 Å². The number of thiazole rings is 1. The molecular weight excluding hydrogens is 358 g/mol. The lowest BCUT2D eigenvalue weighted by molar-refractivity contribution is 0.0914. The summed E-state index contributed by atoms with van der Waals surface area (Å²) in [5.74, 6) is -0.343. The van der Waals surface area contributed by atoms with E-state index in [1.54, 1.807) is 29.5 Å². The molecule has 0 aliphatic heterocycles. The predicted octanol–water partition coefficient (Wildman–Crippen LogP) is 4.34. The van der Waals surface area contributed by atoms with Gasteiger partial charge in [-0.1, -0.05) is 12.1 Å². The van der Waals surface area contributed by atoms with Crippen molar-refractivity contribution in [3.63, 3.8) is 0 Å². The van der Waals surface area contributed by atoms with Crippen molar-refractivity contribution in [3.8, 4) is 0 Å². The number of nitrogens with zero attached hydrogens (tertiary/aromatic N) is 2. The number of carbonyl (C=O) groups excluding carboxylic acids is 2. The van der Waals surface area contributed by atoms with Crippen LogP contribution >= 0.6 is 11.3 Å². The van der Waals surface area contributed by atoms with E-state index in [2.05, 4.69) is 21.4 Å². The first-order chi connectivity index (χ1) is 12.7. The fraction of sp³-hybridized carbons (Fsp3) is 0.333. The van der Waals surface area contributed by atoms with Crippen LogP contribution in [-0.2, 0) is 6.42 Å². The summed E-state index contributed by atoms with van der Waals surface area (Å²) in [7, 11) is 0. The standard InChI is InChI=1S/C21H23N3O2S/c1-13-22-16-10-8-14(12-19(16)27-13)9-11-18(25)15-6-5-7-17(23-15)20(26)24-21(2,3)4/h5-8,10,12H,9,11H2,1-4H3,(H,24,26). The molecule has 2 heterocycles. The van der Waals surface area contributed by atoms with Gasteiger partial charge >= 0.3 is 0 Å². The summed E-state index contributed by atoms with van der Waals surface area (Å²) in [6, 6.07) is 11.1. The third kappa shape index (κ3) is 4.98. The van der Waals surface area contributed by atoms with Gasteiger partial charge in [-0.2, -0.15) is 0 Å². The average Bonchev–Trinajstić information content (AvgIpc) is 2.97. The number of ketones is 1. The van der Waals surface area contributed by atoms with Crippen molar-refractivity contribution in [3.05, 3.63) is 58.4 Å². The summed E-state index contributed by atoms with van der Waals surface area (Å²) >= 11 is 1.65. The molecule has 1 amide bonds. The lowest BCUT2D eigenvalue weighted by Gasteiger charge is -2.20. The molecule has 1 aromatic carbocycles. The Hall–Kier alpha value is -2.60. The molecule has 0 aliphatic carbocycles. The van der Waals surface area contributed by atoms with Gasteiger partial charge in [0.15, 0.2) is 5.78 Å². The number of carbonyl (C=O) groups is 2. The second kappa shape index (κ2) is 7.56. The number of pyridine rings is 1. The average molecular weight is 382 g/mol. The summed E-state index contributed by atoms with van der Waals surface area (Å²) < 4.78 is 1.14. The maximum atomic E-state index is 12.5. The minimum atomic E-state index is -0.355. The lowest BCUT2D eigenvalue weighted by atomic mass is 10.1. The number of nitrogens with one attached hydrogen (secondary N) is 1. The number of aromatic nitrogens is 2. The van der Waals surface area contributed by atoms with Crippen LogP contribution in [0.15, 0.2) is 36.4 Å². The van der Waals surface area contributed by atoms with Gasteiger partial charge in [0, 0.05) is 12.0 Å². The van der Waals surface area contributed by atoms with Gasteiger partial charge in [-0.15, -0.1) is 11.3 Å². The molecule has 0 spiro atoms. The maximum Gasteiger partial charge on any atom is 0.270 e. The second-order valence-electron chi connectivity index (χ2n) is 7.57. The molecule has 0 atom stereocenters. The normalized spacial score (nSPS) is 11.6. The Balaban J connectivity index is 1.68. The van der Waals surface area contributed by atoms with Crippen LogP contribution in [-0.4, -0.2) is 27.2 Å². The SMILES string of the molecule is Cc1nc2ccc(CCC(=O)c3cccc(C(=O)NC(C)(C)C)n3)cc2s1. The number of benzene rings is 1. The molecule has 140 valence electrons. The monoisotopic (exact) mass is 381 g/mol. The van der Waals surface area contributed by atoms with E-state index >= 15 is 0 Å². The highest BCUT2D eigenvalue weighted by Gasteiger charge is 2.17. The number of hydrogen-bond donors (Lipinski definition) is 1. The van der Waals surface area contributed by atoms with E-state index in [-0.39, 0.29) is 22.9 Å². The molecule has 6 heteroatoms. The van der Waals surface area contributed by atoms with E-state index in [0.29, 0.717) is 18.5 Å². The van der Waals surface area contributed by atoms with Crippen molar-refractivity contribution in [2.75, 3.05) is 0 Å². The molecule has 3 aromatic rings. The smallest absolute Gasteiger partial charge is 0.270 e. The van der Waals surface area contributed by atoms with Gasteiger partial charge in [0.25, 0.3) is 5.91 Å². The van der Waals surface area contributed by atoms with Crippen LogP contribution in [0.25, 0.3) is 10.2 Å². The number of amides is 1. The van der Waals surface area contributed by atoms with Gasteiger partial charge in [0.2, 0.25) is 0 Å². The van der Waals surface area contributed by atoms with Gasteiger partial charge in [-0.3, -0.25) is 9.59 Å². The van der Waals surface area contributed by atoms with Crippen molar-refractivity contribution >= 4 is 33.2 Å². The zero-order chi connectivity index (χ0) is 19.6. The van der Waals surface area contributed by atoms with Gasteiger partial charge in [0.05, 0.1) is 15.2 Å². The van der Waals surface area contributed by atoms with Crippen LogP contribution in [0.4, 0.5) is 0 Å². The molecule has 3 rings (SSSR count). The quantitative estimate of drug-likeness (QED) is 0.667. The van der Waals surface area contributed by atoms with Crippen molar-refractivity contribution in [1.29, 1.82) is 0 Å². The van der Waals surface area contributed by atoms with Crippen LogP contribution in [0.2, 0.25) is 0 Å². The number of Topliss-reactive ketones (excluding diaryl/α,β-unsaturated/α-hetero) is 1. The van der Waals surface area contributed by atoms with Crippen LogP contribution < -0.4 is 5.32 Å². The molecule has 1 N–H and O–H groups in total. The van der Waals surface area contributed by atoms with E-state index < -0.39 is 0 Å². The zero-order valence-electron chi connectivity index (χ0n) is 16.0. The topological polar surface area (TPSA) is 72.0 Å². The minimum Gasteiger partial charge on any atom is -0.346 e. The van der Waals surface area contributed by atoms with E-state index in [1.165, 1.54) is 0 Å². The summed E-state index contributed by atoms with van der Waals surface area (Å²) in [5.41, 5.74) is 2.32. The first kappa shape index (κ1) is 19.2. The highest BCUT2D eigenvalue weighted by Crippen LogP contribution is 2.23. The number of aryl methyl sites for hydroxylation is 2. The van der Waals surface area contributed by atoms with Crippen molar-refractivity contribution in [1.82, 2.24) is 15.3 Å². The molecule has 0 aliphatic rings. The van der Waals surface area contributed by atoms with Crippen LogP contribution in [0, 0.1) is 6.92 Å². The lowest BCUT2D eigenvalue weighted by Crippen LogP contribution is -2.41. The molecule has 0 bridgehead atoms.